The number of aromatic amines is 1. The molecule has 0 bridgehead atoms. The van der Waals surface area contributed by atoms with Crippen molar-refractivity contribution in [2.24, 2.45) is 0 Å². The standard InChI is InChI=1S/C13H12N4O2/c18-12-5-4-9(7-15-12)10-8-16-17(13(10)19)11-3-1-2-6-14-11/h1-7,10,16H,8H2,(H,15,18). The molecular formula is C13H12N4O2. The van der Waals surface area contributed by atoms with Crippen LogP contribution in [0.2, 0.25) is 0 Å². The summed E-state index contributed by atoms with van der Waals surface area (Å²) in [6.45, 7) is 0.488. The van der Waals surface area contributed by atoms with Gasteiger partial charge in [-0.15, -0.1) is 0 Å². The lowest BCUT2D eigenvalue weighted by Gasteiger charge is -2.14. The summed E-state index contributed by atoms with van der Waals surface area (Å²) in [4.78, 5) is 30.1. The number of H-pyrrole nitrogens is 1. The Hall–Kier alpha value is -2.47. The Morgan fingerprint density at radius 1 is 1.21 bits per heavy atom. The van der Waals surface area contributed by atoms with Crippen molar-refractivity contribution in [3.63, 3.8) is 0 Å². The monoisotopic (exact) mass is 256 g/mol. The zero-order valence-corrected chi connectivity index (χ0v) is 10.0. The average Bonchev–Trinajstić information content (AvgIpc) is 2.83. The van der Waals surface area contributed by atoms with Gasteiger partial charge in [0.15, 0.2) is 0 Å². The van der Waals surface area contributed by atoms with Crippen LogP contribution in [-0.4, -0.2) is 22.4 Å². The van der Waals surface area contributed by atoms with Crippen LogP contribution < -0.4 is 16.0 Å². The SMILES string of the molecule is O=C1C(c2ccc(=O)[nH]c2)CNN1c1ccccn1. The van der Waals surface area contributed by atoms with E-state index in [-0.39, 0.29) is 17.4 Å². The minimum atomic E-state index is -0.307. The Bertz CT molecular complexity index is 633. The maximum atomic E-state index is 12.3. The van der Waals surface area contributed by atoms with Crippen LogP contribution in [0.1, 0.15) is 11.5 Å². The molecule has 0 aromatic carbocycles. The van der Waals surface area contributed by atoms with Crippen LogP contribution in [0.4, 0.5) is 5.82 Å². The van der Waals surface area contributed by atoms with Crippen LogP contribution in [0.25, 0.3) is 0 Å². The molecule has 1 saturated heterocycles. The minimum Gasteiger partial charge on any atom is -0.329 e. The van der Waals surface area contributed by atoms with E-state index in [0.29, 0.717) is 12.4 Å². The maximum absolute atomic E-state index is 12.3. The number of pyridine rings is 2. The molecule has 1 amide bonds. The zero-order chi connectivity index (χ0) is 13.2. The minimum absolute atomic E-state index is 0.0780. The third kappa shape index (κ3) is 2.13. The van der Waals surface area contributed by atoms with Gasteiger partial charge in [-0.2, -0.15) is 0 Å². The largest absolute Gasteiger partial charge is 0.329 e. The molecule has 0 radical (unpaired) electrons. The highest BCUT2D eigenvalue weighted by Gasteiger charge is 2.34. The summed E-state index contributed by atoms with van der Waals surface area (Å²) in [5.74, 6) is 0.184. The number of amides is 1. The van der Waals surface area contributed by atoms with Gasteiger partial charge in [0.2, 0.25) is 5.56 Å². The lowest BCUT2D eigenvalue weighted by Crippen LogP contribution is -2.35. The number of rotatable bonds is 2. The van der Waals surface area contributed by atoms with Crippen molar-refractivity contribution < 1.29 is 4.79 Å². The van der Waals surface area contributed by atoms with Gasteiger partial charge < -0.3 is 4.98 Å². The van der Waals surface area contributed by atoms with Crippen LogP contribution in [-0.2, 0) is 4.79 Å². The molecule has 2 N–H and O–H groups in total. The predicted molar refractivity (Wildman–Crippen MR) is 69.5 cm³/mol. The molecule has 0 saturated carbocycles. The lowest BCUT2D eigenvalue weighted by atomic mass is 10.0. The molecular weight excluding hydrogens is 244 g/mol. The fraction of sp³-hybridized carbons (Fsp3) is 0.154. The Morgan fingerprint density at radius 2 is 2.11 bits per heavy atom. The second-order valence-electron chi connectivity index (χ2n) is 4.26. The van der Waals surface area contributed by atoms with E-state index in [1.807, 2.05) is 6.07 Å². The van der Waals surface area contributed by atoms with Crippen LogP contribution >= 0.6 is 0 Å². The first-order valence-corrected chi connectivity index (χ1v) is 5.93. The molecule has 1 unspecified atom stereocenters. The third-order valence-electron chi connectivity index (χ3n) is 3.06. The van der Waals surface area contributed by atoms with Gasteiger partial charge in [-0.25, -0.2) is 15.4 Å². The molecule has 6 nitrogen and oxygen atoms in total. The Morgan fingerprint density at radius 3 is 2.79 bits per heavy atom. The quantitative estimate of drug-likeness (QED) is 0.815. The van der Waals surface area contributed by atoms with Gasteiger partial charge in [0.1, 0.15) is 5.82 Å². The highest BCUT2D eigenvalue weighted by atomic mass is 16.2. The van der Waals surface area contributed by atoms with Gasteiger partial charge in [-0.1, -0.05) is 12.1 Å². The van der Waals surface area contributed by atoms with E-state index in [1.165, 1.54) is 11.1 Å². The van der Waals surface area contributed by atoms with Crippen molar-refractivity contribution in [2.45, 2.75) is 5.92 Å². The highest BCUT2D eigenvalue weighted by molar-refractivity contribution is 5.98. The molecule has 1 aliphatic rings. The summed E-state index contributed by atoms with van der Waals surface area (Å²) >= 11 is 0. The second-order valence-corrected chi connectivity index (χ2v) is 4.26. The molecule has 2 aromatic heterocycles. The molecule has 1 aliphatic heterocycles. The van der Waals surface area contributed by atoms with Crippen LogP contribution in [0.5, 0.6) is 0 Å². The number of hydrogen-bond donors (Lipinski definition) is 2. The van der Waals surface area contributed by atoms with Crippen molar-refractivity contribution in [1.82, 2.24) is 15.4 Å². The van der Waals surface area contributed by atoms with Crippen LogP contribution in [0.3, 0.4) is 0 Å². The summed E-state index contributed by atoms with van der Waals surface area (Å²) in [5, 5.41) is 1.44. The molecule has 96 valence electrons. The number of nitrogens with zero attached hydrogens (tertiary/aromatic N) is 2. The number of carbonyl (C=O) groups excluding carboxylic acids is 1. The Kier molecular flexibility index (Phi) is 2.85. The Balaban J connectivity index is 1.86. The molecule has 2 aromatic rings. The zero-order valence-electron chi connectivity index (χ0n) is 10.0. The smallest absolute Gasteiger partial charge is 0.251 e. The van der Waals surface area contributed by atoms with E-state index in [2.05, 4.69) is 15.4 Å². The van der Waals surface area contributed by atoms with E-state index in [4.69, 9.17) is 0 Å². The molecule has 3 heterocycles. The van der Waals surface area contributed by atoms with E-state index in [9.17, 15) is 9.59 Å². The van der Waals surface area contributed by atoms with E-state index >= 15 is 0 Å². The molecule has 6 heteroatoms. The van der Waals surface area contributed by atoms with Crippen molar-refractivity contribution in [2.75, 3.05) is 11.6 Å². The second kappa shape index (κ2) is 4.66. The van der Waals surface area contributed by atoms with Crippen molar-refractivity contribution in [3.05, 3.63) is 58.6 Å². The number of nitrogens with one attached hydrogen (secondary N) is 2. The van der Waals surface area contributed by atoms with Crippen molar-refractivity contribution in [3.8, 4) is 0 Å². The summed E-state index contributed by atoms with van der Waals surface area (Å²) in [6.07, 6.45) is 3.21. The average molecular weight is 256 g/mol. The first-order chi connectivity index (χ1) is 9.25. The fourth-order valence-electron chi connectivity index (χ4n) is 2.08. The van der Waals surface area contributed by atoms with Crippen molar-refractivity contribution in [1.29, 1.82) is 0 Å². The van der Waals surface area contributed by atoms with Gasteiger partial charge in [-0.05, 0) is 17.7 Å². The number of anilines is 1. The number of hydrogen-bond acceptors (Lipinski definition) is 4. The number of aromatic nitrogens is 2. The first kappa shape index (κ1) is 11.6. The molecule has 3 rings (SSSR count). The third-order valence-corrected chi connectivity index (χ3v) is 3.06. The topological polar surface area (TPSA) is 78.1 Å². The van der Waals surface area contributed by atoms with Crippen molar-refractivity contribution >= 4 is 11.7 Å². The van der Waals surface area contributed by atoms with E-state index in [1.54, 1.807) is 30.6 Å². The maximum Gasteiger partial charge on any atom is 0.251 e. The van der Waals surface area contributed by atoms with Gasteiger partial charge in [0.05, 0.1) is 5.92 Å². The summed E-state index contributed by atoms with van der Waals surface area (Å²) in [6, 6.07) is 8.48. The van der Waals surface area contributed by atoms with Crippen LogP contribution in [0, 0.1) is 0 Å². The molecule has 0 spiro atoms. The molecule has 1 atom stereocenters. The number of hydrazine groups is 1. The normalized spacial score (nSPS) is 18.8. The molecule has 1 fully saturated rings. The number of carbonyl (C=O) groups is 1. The molecule has 19 heavy (non-hydrogen) atoms. The summed E-state index contributed by atoms with van der Waals surface area (Å²) < 4.78 is 0. The Labute approximate surface area is 109 Å². The summed E-state index contributed by atoms with van der Waals surface area (Å²) in [5.41, 5.74) is 3.63. The fourth-order valence-corrected chi connectivity index (χ4v) is 2.08. The van der Waals surface area contributed by atoms with Gasteiger partial charge in [0, 0.05) is 25.0 Å². The van der Waals surface area contributed by atoms with Crippen LogP contribution in [0.15, 0.2) is 47.5 Å². The predicted octanol–water partition coefficient (Wildman–Crippen LogP) is 0.405. The molecule has 0 aliphatic carbocycles. The van der Waals surface area contributed by atoms with Gasteiger partial charge >= 0.3 is 0 Å². The highest BCUT2D eigenvalue weighted by Crippen LogP contribution is 2.23. The van der Waals surface area contributed by atoms with Gasteiger partial charge in [-0.3, -0.25) is 9.59 Å². The first-order valence-electron chi connectivity index (χ1n) is 5.93. The van der Waals surface area contributed by atoms with E-state index in [0.717, 1.165) is 5.56 Å². The summed E-state index contributed by atoms with van der Waals surface area (Å²) in [7, 11) is 0. The van der Waals surface area contributed by atoms with E-state index < -0.39 is 0 Å². The lowest BCUT2D eigenvalue weighted by molar-refractivity contribution is -0.118. The van der Waals surface area contributed by atoms with Gasteiger partial charge in [0.25, 0.3) is 5.91 Å².